The number of fused-ring (bicyclic) bond motifs is 2. The molecule has 0 aliphatic rings. The zero-order valence-electron chi connectivity index (χ0n) is 17.7. The van der Waals surface area contributed by atoms with Crippen LogP contribution in [0.1, 0.15) is 10.1 Å². The summed E-state index contributed by atoms with van der Waals surface area (Å²) in [6, 6.07) is 13.7. The number of aromatic nitrogens is 5. The summed E-state index contributed by atoms with van der Waals surface area (Å²) in [7, 11) is -8.33. The van der Waals surface area contributed by atoms with Crippen molar-refractivity contribution in [2.75, 3.05) is 11.6 Å². The summed E-state index contributed by atoms with van der Waals surface area (Å²) in [5.74, 6) is 0.288. The van der Waals surface area contributed by atoms with Gasteiger partial charge in [0.25, 0.3) is 0 Å². The van der Waals surface area contributed by atoms with Crippen LogP contribution >= 0.6 is 0 Å². The third-order valence-corrected chi connectivity index (χ3v) is 8.99. The lowest BCUT2D eigenvalue weighted by Crippen LogP contribution is -2.27. The molecule has 5 rings (SSSR count). The predicted molar refractivity (Wildman–Crippen MR) is 129 cm³/mol. The molecule has 3 aromatic heterocycles. The average molecular weight is 498 g/mol. The molecule has 0 saturated heterocycles. The van der Waals surface area contributed by atoms with Crippen LogP contribution in [0.5, 0.6) is 0 Å². The number of hydrogen-bond acceptors (Lipinski definition) is 8. The number of benzene rings is 2. The number of sulfone groups is 1. The molecule has 4 N–H and O–H groups in total. The van der Waals surface area contributed by atoms with Crippen molar-refractivity contribution < 1.29 is 16.8 Å². The van der Waals surface area contributed by atoms with E-state index in [1.54, 1.807) is 17.1 Å². The van der Waals surface area contributed by atoms with E-state index >= 15 is 0 Å². The monoisotopic (exact) mass is 497 g/mol. The normalized spacial score (nSPS) is 13.4. The van der Waals surface area contributed by atoms with Gasteiger partial charge in [-0.1, -0.05) is 12.1 Å². The van der Waals surface area contributed by atoms with Gasteiger partial charge in [0.1, 0.15) is 0 Å². The molecule has 0 spiro atoms. The van der Waals surface area contributed by atoms with E-state index in [0.717, 1.165) is 28.2 Å². The summed E-state index contributed by atoms with van der Waals surface area (Å²) in [5.41, 5.74) is 3.03. The van der Waals surface area contributed by atoms with Crippen LogP contribution in [0.3, 0.4) is 0 Å². The van der Waals surface area contributed by atoms with Gasteiger partial charge in [-0.3, -0.25) is 0 Å². The third-order valence-electron chi connectivity index (χ3n) is 5.22. The van der Waals surface area contributed by atoms with E-state index in [2.05, 4.69) is 25.4 Å². The summed E-state index contributed by atoms with van der Waals surface area (Å²) in [5, 5.41) is 14.4. The van der Waals surface area contributed by atoms with Crippen LogP contribution < -0.4 is 10.5 Å². The molecule has 11 nitrogen and oxygen atoms in total. The van der Waals surface area contributed by atoms with E-state index in [9.17, 15) is 16.8 Å². The number of sulfonamides is 1. The zero-order valence-corrected chi connectivity index (χ0v) is 19.4. The maximum absolute atomic E-state index is 12.0. The van der Waals surface area contributed by atoms with Gasteiger partial charge in [0.15, 0.2) is 15.5 Å². The Kier molecular flexibility index (Phi) is 5.11. The first-order valence-electron chi connectivity index (χ1n) is 9.95. The first kappa shape index (κ1) is 22.0. The molecular weight excluding hydrogens is 478 g/mol. The number of rotatable bonds is 6. The maximum Gasteiger partial charge on any atom is 0.230 e. The smallest absolute Gasteiger partial charge is 0.230 e. The number of anilines is 2. The fourth-order valence-corrected chi connectivity index (χ4v) is 6.91. The van der Waals surface area contributed by atoms with Crippen LogP contribution in [-0.2, 0) is 19.9 Å². The number of primary sulfonamides is 1. The highest BCUT2D eigenvalue weighted by Crippen LogP contribution is 2.28. The Labute approximate surface area is 194 Å². The fourth-order valence-electron chi connectivity index (χ4n) is 3.77. The first-order chi connectivity index (χ1) is 16.1. The quantitative estimate of drug-likeness (QED) is 0.321. The Bertz CT molecular complexity index is 1710. The molecule has 13 heteroatoms. The van der Waals surface area contributed by atoms with Gasteiger partial charge in [0.2, 0.25) is 20.6 Å². The lowest BCUT2D eigenvalue weighted by atomic mass is 10.2. The second-order valence-electron chi connectivity index (χ2n) is 7.78. The van der Waals surface area contributed by atoms with Crippen LogP contribution in [0.2, 0.25) is 0 Å². The second kappa shape index (κ2) is 7.90. The predicted octanol–water partition coefficient (Wildman–Crippen LogP) is 2.37. The lowest BCUT2D eigenvalue weighted by Gasteiger charge is -2.14. The lowest BCUT2D eigenvalue weighted by molar-refractivity contribution is 0.581. The number of nitrogens with zero attached hydrogens (tertiary/aromatic N) is 4. The van der Waals surface area contributed by atoms with Crippen molar-refractivity contribution in [1.82, 2.24) is 24.7 Å². The molecule has 0 amide bonds. The van der Waals surface area contributed by atoms with E-state index in [4.69, 9.17) is 5.14 Å². The van der Waals surface area contributed by atoms with Crippen molar-refractivity contribution in [3.8, 4) is 5.69 Å². The van der Waals surface area contributed by atoms with E-state index in [1.165, 1.54) is 24.3 Å². The number of nitrogens with one attached hydrogen (secondary N) is 2. The standard InChI is InChI=1S/C21H19N7O4S2/c1-33(29,30)20(34(22,31)32)13-2-4-16(5-3-13)26-21-24-11-15-12-25-28(19(15)27-21)17-6-7-18-14(10-17)8-9-23-18/h2-12,20,23H,1H3,(H2,22,31,32)(H,24,26,27). The fraction of sp³-hybridized carbons (Fsp3) is 0.0952. The highest BCUT2D eigenvalue weighted by molar-refractivity contribution is 8.07. The molecule has 0 aliphatic carbocycles. The molecule has 0 bridgehead atoms. The molecule has 0 saturated carbocycles. The largest absolute Gasteiger partial charge is 0.361 e. The average Bonchev–Trinajstić information content (AvgIpc) is 3.39. The summed E-state index contributed by atoms with van der Waals surface area (Å²) in [6.07, 6.45) is 6.01. The molecule has 0 radical (unpaired) electrons. The summed E-state index contributed by atoms with van der Waals surface area (Å²) in [6.45, 7) is 0. The molecule has 1 atom stereocenters. The van der Waals surface area contributed by atoms with Crippen LogP contribution in [0.25, 0.3) is 27.6 Å². The third kappa shape index (κ3) is 4.11. The second-order valence-corrected chi connectivity index (χ2v) is 11.9. The van der Waals surface area contributed by atoms with Crippen molar-refractivity contribution in [3.05, 3.63) is 72.7 Å². The van der Waals surface area contributed by atoms with Gasteiger partial charge >= 0.3 is 0 Å². The molecule has 0 fully saturated rings. The SMILES string of the molecule is CS(=O)(=O)C(c1ccc(Nc2ncc3cnn(-c4ccc5[nH]ccc5c4)c3n2)cc1)S(N)(=O)=O. The molecule has 2 aromatic carbocycles. The van der Waals surface area contributed by atoms with Crippen LogP contribution in [-0.4, -0.2) is 47.8 Å². The van der Waals surface area contributed by atoms with Gasteiger partial charge in [-0.05, 0) is 42.0 Å². The van der Waals surface area contributed by atoms with Crippen molar-refractivity contribution in [2.45, 2.75) is 4.58 Å². The Morgan fingerprint density at radius 2 is 1.76 bits per heavy atom. The van der Waals surface area contributed by atoms with Gasteiger partial charge in [-0.25, -0.2) is 31.6 Å². The van der Waals surface area contributed by atoms with Gasteiger partial charge in [0.05, 0.1) is 17.3 Å². The minimum atomic E-state index is -4.35. The number of aromatic amines is 1. The molecule has 34 heavy (non-hydrogen) atoms. The van der Waals surface area contributed by atoms with Crippen molar-refractivity contribution in [3.63, 3.8) is 0 Å². The summed E-state index contributed by atoms with van der Waals surface area (Å²) < 4.78 is 47.4. The molecule has 1 unspecified atom stereocenters. The Hall–Kier alpha value is -3.81. The van der Waals surface area contributed by atoms with E-state index < -0.39 is 24.4 Å². The maximum atomic E-state index is 12.0. The molecular formula is C21H19N7O4S2. The summed E-state index contributed by atoms with van der Waals surface area (Å²) in [4.78, 5) is 12.0. The van der Waals surface area contributed by atoms with Gasteiger partial charge in [-0.2, -0.15) is 10.1 Å². The van der Waals surface area contributed by atoms with Crippen LogP contribution in [0.4, 0.5) is 11.6 Å². The highest BCUT2D eigenvalue weighted by Gasteiger charge is 2.33. The van der Waals surface area contributed by atoms with Crippen molar-refractivity contribution in [2.24, 2.45) is 5.14 Å². The Balaban J connectivity index is 1.46. The molecule has 174 valence electrons. The van der Waals surface area contributed by atoms with Crippen molar-refractivity contribution >= 4 is 53.4 Å². The van der Waals surface area contributed by atoms with Crippen molar-refractivity contribution in [1.29, 1.82) is 0 Å². The molecule has 0 aliphatic heterocycles. The van der Waals surface area contributed by atoms with Gasteiger partial charge < -0.3 is 10.3 Å². The van der Waals surface area contributed by atoms with Gasteiger partial charge in [-0.15, -0.1) is 0 Å². The topological polar surface area (TPSA) is 166 Å². The van der Waals surface area contributed by atoms with E-state index in [0.29, 0.717) is 11.3 Å². The Morgan fingerprint density at radius 3 is 2.47 bits per heavy atom. The number of H-pyrrole nitrogens is 1. The van der Waals surface area contributed by atoms with E-state index in [1.807, 2.05) is 30.5 Å². The van der Waals surface area contributed by atoms with Gasteiger partial charge in [0, 0.05) is 35.2 Å². The minimum Gasteiger partial charge on any atom is -0.361 e. The Morgan fingerprint density at radius 1 is 1.00 bits per heavy atom. The number of hydrogen-bond donors (Lipinski definition) is 3. The summed E-state index contributed by atoms with van der Waals surface area (Å²) >= 11 is 0. The first-order valence-corrected chi connectivity index (χ1v) is 13.5. The zero-order chi connectivity index (χ0) is 24.1. The van der Waals surface area contributed by atoms with Crippen LogP contribution in [0, 0.1) is 0 Å². The number of nitrogens with two attached hydrogens (primary N) is 1. The molecule has 3 heterocycles. The molecule has 5 aromatic rings. The minimum absolute atomic E-state index is 0.0464. The van der Waals surface area contributed by atoms with E-state index in [-0.39, 0.29) is 11.5 Å². The van der Waals surface area contributed by atoms with Crippen LogP contribution in [0.15, 0.2) is 67.1 Å². The highest BCUT2D eigenvalue weighted by atomic mass is 32.3.